The van der Waals surface area contributed by atoms with Crippen LogP contribution in [0, 0.1) is 0 Å². The van der Waals surface area contributed by atoms with Crippen molar-refractivity contribution in [3.8, 4) is 0 Å². The van der Waals surface area contributed by atoms with Crippen LogP contribution in [0.25, 0.3) is 0 Å². The molecule has 0 amide bonds. The summed E-state index contributed by atoms with van der Waals surface area (Å²) in [6.45, 7) is 6.36. The number of allylic oxidation sites excluding steroid dienone is 1. The zero-order valence-corrected chi connectivity index (χ0v) is 10.9. The molecule has 0 radical (unpaired) electrons. The van der Waals surface area contributed by atoms with Gasteiger partial charge in [-0.1, -0.05) is 12.5 Å². The Hall–Kier alpha value is 0.0900. The molecule has 1 unspecified atom stereocenters. The molecule has 15 heavy (non-hydrogen) atoms. The van der Waals surface area contributed by atoms with Crippen molar-refractivity contribution in [3.05, 3.63) is 12.7 Å². The average molecular weight is 232 g/mol. The van der Waals surface area contributed by atoms with Crippen LogP contribution in [0.5, 0.6) is 0 Å². The summed E-state index contributed by atoms with van der Waals surface area (Å²) in [6, 6.07) is 0. The van der Waals surface area contributed by atoms with Gasteiger partial charge in [0.2, 0.25) is 0 Å². The predicted molar refractivity (Wildman–Crippen MR) is 69.0 cm³/mol. The maximum Gasteiger partial charge on any atom is 0.0501 e. The van der Waals surface area contributed by atoms with Gasteiger partial charge in [-0.25, -0.2) is 0 Å². The molecule has 0 rings (SSSR count). The Morgan fingerprint density at radius 1 is 0.867 bits per heavy atom. The highest BCUT2D eigenvalue weighted by atomic mass is 31.0. The Labute approximate surface area is 96.7 Å². The minimum atomic E-state index is 0.840. The molecule has 2 nitrogen and oxygen atoms in total. The van der Waals surface area contributed by atoms with Gasteiger partial charge < -0.3 is 9.26 Å². The number of hydrogen-bond donors (Lipinski definition) is 0. The van der Waals surface area contributed by atoms with Gasteiger partial charge in [0.25, 0.3) is 0 Å². The molecule has 0 aromatic rings. The van der Waals surface area contributed by atoms with Crippen LogP contribution in [0.2, 0.25) is 0 Å². The second kappa shape index (κ2) is 14.1. The van der Waals surface area contributed by atoms with Gasteiger partial charge >= 0.3 is 0 Å². The van der Waals surface area contributed by atoms with E-state index in [1.807, 2.05) is 6.08 Å². The molecule has 0 aromatic carbocycles. The van der Waals surface area contributed by atoms with Gasteiger partial charge in [-0.3, -0.25) is 0 Å². The van der Waals surface area contributed by atoms with Gasteiger partial charge in [0.05, 0.1) is 6.61 Å². The third kappa shape index (κ3) is 14.1. The summed E-state index contributed by atoms with van der Waals surface area (Å²) in [6.07, 6.45) is 10.3. The largest absolute Gasteiger partial charge is 0.381 e. The third-order valence-corrected chi connectivity index (χ3v) is 2.48. The minimum absolute atomic E-state index is 0.840. The predicted octanol–water partition coefficient (Wildman–Crippen LogP) is 3.73. The summed E-state index contributed by atoms with van der Waals surface area (Å²) in [5.41, 5.74) is 0. The molecule has 3 heteroatoms. The SMILES string of the molecule is C=CCCCCCOCCCCCOP. The standard InChI is InChI=1S/C12H25O2P/c1-2-3-4-5-7-10-13-11-8-6-9-12-14-15/h2H,1,3-12,15H2. The first-order valence-corrected chi connectivity index (χ1v) is 6.39. The van der Waals surface area contributed by atoms with E-state index in [9.17, 15) is 0 Å². The van der Waals surface area contributed by atoms with Gasteiger partial charge in [-0.05, 0) is 38.5 Å². The maximum absolute atomic E-state index is 5.52. The van der Waals surface area contributed by atoms with Gasteiger partial charge in [-0.15, -0.1) is 6.58 Å². The molecule has 0 spiro atoms. The summed E-state index contributed by atoms with van der Waals surface area (Å²) in [5.74, 6) is 0. The van der Waals surface area contributed by atoms with Crippen molar-refractivity contribution in [2.45, 2.75) is 44.9 Å². The van der Waals surface area contributed by atoms with E-state index in [4.69, 9.17) is 9.26 Å². The summed E-state index contributed by atoms with van der Waals surface area (Å²) in [7, 11) is 2.28. The van der Waals surface area contributed by atoms with Crippen LogP contribution in [0.15, 0.2) is 12.7 Å². The fourth-order valence-electron chi connectivity index (χ4n) is 1.34. The van der Waals surface area contributed by atoms with Crippen molar-refractivity contribution in [3.63, 3.8) is 0 Å². The molecule has 0 saturated heterocycles. The molecular weight excluding hydrogens is 207 g/mol. The Kier molecular flexibility index (Phi) is 14.2. The molecule has 0 saturated carbocycles. The summed E-state index contributed by atoms with van der Waals surface area (Å²) in [5, 5.41) is 0. The number of rotatable bonds is 12. The molecule has 0 fully saturated rings. The average Bonchev–Trinajstić information content (AvgIpc) is 2.26. The summed E-state index contributed by atoms with van der Waals surface area (Å²) >= 11 is 0. The van der Waals surface area contributed by atoms with E-state index in [1.54, 1.807) is 0 Å². The second-order valence-corrected chi connectivity index (χ2v) is 4.02. The molecule has 0 heterocycles. The van der Waals surface area contributed by atoms with E-state index in [0.29, 0.717) is 0 Å². The zero-order chi connectivity index (χ0) is 11.2. The maximum atomic E-state index is 5.52. The van der Waals surface area contributed by atoms with Gasteiger partial charge in [0.15, 0.2) is 0 Å². The normalized spacial score (nSPS) is 10.5. The van der Waals surface area contributed by atoms with Crippen molar-refractivity contribution in [1.29, 1.82) is 0 Å². The molecule has 1 atom stereocenters. The van der Waals surface area contributed by atoms with Crippen molar-refractivity contribution in [2.75, 3.05) is 19.8 Å². The second-order valence-electron chi connectivity index (χ2n) is 3.68. The summed E-state index contributed by atoms with van der Waals surface area (Å²) < 4.78 is 10.4. The highest BCUT2D eigenvalue weighted by Gasteiger charge is 1.91. The van der Waals surface area contributed by atoms with Gasteiger partial charge in [0.1, 0.15) is 0 Å². The zero-order valence-electron chi connectivity index (χ0n) is 9.75. The van der Waals surface area contributed by atoms with Crippen LogP contribution < -0.4 is 0 Å². The minimum Gasteiger partial charge on any atom is -0.381 e. The number of hydrogen-bond acceptors (Lipinski definition) is 2. The van der Waals surface area contributed by atoms with Crippen molar-refractivity contribution in [1.82, 2.24) is 0 Å². The molecular formula is C12H25O2P. The van der Waals surface area contributed by atoms with Crippen LogP contribution in [-0.4, -0.2) is 19.8 Å². The smallest absolute Gasteiger partial charge is 0.0501 e. The van der Waals surface area contributed by atoms with Crippen molar-refractivity contribution < 1.29 is 9.26 Å². The van der Waals surface area contributed by atoms with E-state index in [2.05, 4.69) is 16.0 Å². The van der Waals surface area contributed by atoms with E-state index in [-0.39, 0.29) is 0 Å². The van der Waals surface area contributed by atoms with E-state index < -0.39 is 0 Å². The third-order valence-electron chi connectivity index (χ3n) is 2.25. The van der Waals surface area contributed by atoms with Crippen molar-refractivity contribution in [2.24, 2.45) is 0 Å². The van der Waals surface area contributed by atoms with Crippen LogP contribution in [0.3, 0.4) is 0 Å². The van der Waals surface area contributed by atoms with E-state index >= 15 is 0 Å². The summed E-state index contributed by atoms with van der Waals surface area (Å²) in [4.78, 5) is 0. The molecule has 0 aromatic heterocycles. The molecule has 0 aliphatic rings. The Morgan fingerprint density at radius 3 is 2.07 bits per heavy atom. The van der Waals surface area contributed by atoms with Gasteiger partial charge in [-0.2, -0.15) is 0 Å². The fraction of sp³-hybridized carbons (Fsp3) is 0.833. The van der Waals surface area contributed by atoms with E-state index in [1.165, 1.54) is 25.7 Å². The first-order valence-electron chi connectivity index (χ1n) is 5.92. The quantitative estimate of drug-likeness (QED) is 0.290. The Morgan fingerprint density at radius 2 is 1.47 bits per heavy atom. The Balaban J connectivity index is 2.83. The molecule has 0 aliphatic carbocycles. The van der Waals surface area contributed by atoms with Crippen LogP contribution >= 0.6 is 9.47 Å². The first-order chi connectivity index (χ1) is 7.41. The lowest BCUT2D eigenvalue weighted by molar-refractivity contribution is 0.125. The fourth-order valence-corrected chi connectivity index (χ4v) is 1.50. The molecule has 0 bridgehead atoms. The monoisotopic (exact) mass is 232 g/mol. The molecule has 0 N–H and O–H groups in total. The molecule has 90 valence electrons. The Bertz CT molecular complexity index is 129. The van der Waals surface area contributed by atoms with Gasteiger partial charge in [0, 0.05) is 22.7 Å². The lowest BCUT2D eigenvalue weighted by Gasteiger charge is -2.03. The van der Waals surface area contributed by atoms with E-state index in [0.717, 1.165) is 39.1 Å². The first kappa shape index (κ1) is 15.1. The topological polar surface area (TPSA) is 18.5 Å². The highest BCUT2D eigenvalue weighted by Crippen LogP contribution is 2.02. The number of ether oxygens (including phenoxy) is 1. The van der Waals surface area contributed by atoms with Crippen molar-refractivity contribution >= 4 is 9.47 Å². The lowest BCUT2D eigenvalue weighted by Crippen LogP contribution is -1.97. The van der Waals surface area contributed by atoms with Crippen LogP contribution in [0.4, 0.5) is 0 Å². The molecule has 0 aliphatic heterocycles. The number of unbranched alkanes of at least 4 members (excludes halogenated alkanes) is 5. The van der Waals surface area contributed by atoms with Crippen LogP contribution in [0.1, 0.15) is 44.9 Å². The lowest BCUT2D eigenvalue weighted by atomic mass is 10.2. The van der Waals surface area contributed by atoms with Crippen LogP contribution in [-0.2, 0) is 9.26 Å². The highest BCUT2D eigenvalue weighted by molar-refractivity contribution is 7.09.